The summed E-state index contributed by atoms with van der Waals surface area (Å²) >= 11 is 0. The Labute approximate surface area is 117 Å². The van der Waals surface area contributed by atoms with Crippen molar-refractivity contribution in [3.8, 4) is 0 Å². The van der Waals surface area contributed by atoms with Crippen molar-refractivity contribution in [2.24, 2.45) is 13.0 Å². The molecule has 2 saturated heterocycles. The number of piperidine rings is 2. The highest BCUT2D eigenvalue weighted by molar-refractivity contribution is 5.98. The van der Waals surface area contributed by atoms with Crippen molar-refractivity contribution in [3.63, 3.8) is 0 Å². The van der Waals surface area contributed by atoms with Crippen LogP contribution in [0.1, 0.15) is 29.6 Å². The predicted molar refractivity (Wildman–Crippen MR) is 72.8 cm³/mol. The number of carbonyl (C=O) groups excluding carboxylic acids is 2. The Bertz CT molecular complexity index is 553. The fourth-order valence-corrected chi connectivity index (χ4v) is 3.08. The van der Waals surface area contributed by atoms with E-state index in [1.807, 2.05) is 4.90 Å². The fourth-order valence-electron chi connectivity index (χ4n) is 3.08. The van der Waals surface area contributed by atoms with Crippen molar-refractivity contribution in [2.45, 2.75) is 25.3 Å². The third kappa shape index (κ3) is 2.13. The minimum absolute atomic E-state index is 0.0639. The van der Waals surface area contributed by atoms with E-state index in [0.717, 1.165) is 12.8 Å². The Balaban J connectivity index is 1.72. The molecule has 2 aliphatic heterocycles. The Morgan fingerprint density at radius 3 is 3.00 bits per heavy atom. The second-order valence-electron chi connectivity index (χ2n) is 5.58. The summed E-state index contributed by atoms with van der Waals surface area (Å²) in [7, 11) is 1.72. The molecule has 2 unspecified atom stereocenters. The van der Waals surface area contributed by atoms with Crippen LogP contribution in [0.25, 0.3) is 0 Å². The maximum Gasteiger partial charge on any atom is 0.259 e. The lowest BCUT2D eigenvalue weighted by molar-refractivity contribution is -0.125. The number of aromatic nitrogens is 2. The molecule has 2 atom stereocenters. The van der Waals surface area contributed by atoms with E-state index in [4.69, 9.17) is 5.73 Å². The van der Waals surface area contributed by atoms with Crippen LogP contribution in [0.3, 0.4) is 0 Å². The molecule has 3 N–H and O–H groups in total. The molecule has 7 heteroatoms. The number of fused-ring (bicyclic) bond motifs is 1. The van der Waals surface area contributed by atoms with E-state index in [2.05, 4.69) is 10.4 Å². The van der Waals surface area contributed by atoms with Crippen molar-refractivity contribution >= 4 is 17.6 Å². The zero-order chi connectivity index (χ0) is 14.3. The molecule has 2 amide bonds. The van der Waals surface area contributed by atoms with Gasteiger partial charge in [-0.3, -0.25) is 14.3 Å². The number of aryl methyl sites for hydroxylation is 1. The minimum Gasteiger partial charge on any atom is -0.383 e. The summed E-state index contributed by atoms with van der Waals surface area (Å²) in [5.41, 5.74) is 6.32. The molecular weight excluding hydrogens is 258 g/mol. The number of likely N-dealkylation sites (tertiary alicyclic amines) is 1. The van der Waals surface area contributed by atoms with Gasteiger partial charge in [-0.2, -0.15) is 5.10 Å². The van der Waals surface area contributed by atoms with Gasteiger partial charge in [0.2, 0.25) is 5.91 Å². The standard InChI is InChI=1S/C13H19N5O2/c1-17-12(14)9(6-15-17)13(20)18-5-4-10-8(7-18)2-3-11(19)16-10/h6,8,10H,2-5,7,14H2,1H3,(H,16,19). The minimum atomic E-state index is -0.0639. The van der Waals surface area contributed by atoms with Crippen molar-refractivity contribution in [1.29, 1.82) is 0 Å². The van der Waals surface area contributed by atoms with Crippen LogP contribution < -0.4 is 11.1 Å². The van der Waals surface area contributed by atoms with E-state index in [0.29, 0.717) is 36.8 Å². The van der Waals surface area contributed by atoms with Crippen LogP contribution in [0.5, 0.6) is 0 Å². The SMILES string of the molecule is Cn1ncc(C(=O)N2CCC3NC(=O)CCC3C2)c1N. The lowest BCUT2D eigenvalue weighted by atomic mass is 9.85. The molecule has 108 valence electrons. The highest BCUT2D eigenvalue weighted by Crippen LogP contribution is 2.26. The molecule has 3 rings (SSSR count). The second-order valence-corrected chi connectivity index (χ2v) is 5.58. The van der Waals surface area contributed by atoms with Crippen molar-refractivity contribution in [2.75, 3.05) is 18.8 Å². The summed E-state index contributed by atoms with van der Waals surface area (Å²) < 4.78 is 1.50. The average Bonchev–Trinajstić information content (AvgIpc) is 2.77. The Morgan fingerprint density at radius 1 is 1.50 bits per heavy atom. The molecule has 3 heterocycles. The third-order valence-corrected chi connectivity index (χ3v) is 4.32. The van der Waals surface area contributed by atoms with Crippen LogP contribution in [-0.4, -0.2) is 45.6 Å². The zero-order valence-corrected chi connectivity index (χ0v) is 11.5. The summed E-state index contributed by atoms with van der Waals surface area (Å²) in [6.07, 6.45) is 3.73. The molecule has 0 spiro atoms. The fraction of sp³-hybridized carbons (Fsp3) is 0.615. The van der Waals surface area contributed by atoms with Gasteiger partial charge in [0.25, 0.3) is 5.91 Å². The van der Waals surface area contributed by atoms with Crippen molar-refractivity contribution in [3.05, 3.63) is 11.8 Å². The normalized spacial score (nSPS) is 26.1. The van der Waals surface area contributed by atoms with Crippen LogP contribution in [0.15, 0.2) is 6.20 Å². The number of nitrogens with two attached hydrogens (primary N) is 1. The Hall–Kier alpha value is -2.05. The van der Waals surface area contributed by atoms with Gasteiger partial charge in [-0.1, -0.05) is 0 Å². The van der Waals surface area contributed by atoms with Crippen LogP contribution >= 0.6 is 0 Å². The monoisotopic (exact) mass is 277 g/mol. The lowest BCUT2D eigenvalue weighted by Gasteiger charge is -2.41. The van der Waals surface area contributed by atoms with Crippen molar-refractivity contribution < 1.29 is 9.59 Å². The maximum atomic E-state index is 12.5. The first kappa shape index (κ1) is 13.0. The van der Waals surface area contributed by atoms with Gasteiger partial charge in [0, 0.05) is 32.6 Å². The summed E-state index contributed by atoms with van der Waals surface area (Å²) in [4.78, 5) is 25.7. The number of nitrogens with zero attached hydrogens (tertiary/aromatic N) is 3. The van der Waals surface area contributed by atoms with Gasteiger partial charge in [0.1, 0.15) is 11.4 Å². The van der Waals surface area contributed by atoms with Gasteiger partial charge in [-0.15, -0.1) is 0 Å². The van der Waals surface area contributed by atoms with E-state index in [1.54, 1.807) is 7.05 Å². The van der Waals surface area contributed by atoms with Gasteiger partial charge in [0.05, 0.1) is 6.20 Å². The number of anilines is 1. The topological polar surface area (TPSA) is 93.2 Å². The van der Waals surface area contributed by atoms with Gasteiger partial charge in [0.15, 0.2) is 0 Å². The first-order valence-electron chi connectivity index (χ1n) is 6.92. The molecule has 0 aliphatic carbocycles. The van der Waals surface area contributed by atoms with Crippen molar-refractivity contribution in [1.82, 2.24) is 20.0 Å². The molecule has 2 aliphatic rings. The number of hydrogen-bond donors (Lipinski definition) is 2. The van der Waals surface area contributed by atoms with E-state index >= 15 is 0 Å². The summed E-state index contributed by atoms with van der Waals surface area (Å²) in [6.45, 7) is 1.33. The quantitative estimate of drug-likeness (QED) is 0.740. The molecule has 7 nitrogen and oxygen atoms in total. The van der Waals surface area contributed by atoms with Crippen LogP contribution in [-0.2, 0) is 11.8 Å². The first-order chi connectivity index (χ1) is 9.56. The summed E-state index contributed by atoms with van der Waals surface area (Å²) in [6, 6.07) is 0.214. The highest BCUT2D eigenvalue weighted by Gasteiger charge is 2.36. The molecule has 1 aromatic rings. The molecular formula is C13H19N5O2. The van der Waals surface area contributed by atoms with Crippen LogP contribution in [0.2, 0.25) is 0 Å². The average molecular weight is 277 g/mol. The molecule has 20 heavy (non-hydrogen) atoms. The van der Waals surface area contributed by atoms with E-state index in [1.165, 1.54) is 10.9 Å². The number of hydrogen-bond acceptors (Lipinski definition) is 4. The van der Waals surface area contributed by atoms with E-state index in [-0.39, 0.29) is 17.9 Å². The van der Waals surface area contributed by atoms with Gasteiger partial charge < -0.3 is 16.0 Å². The number of rotatable bonds is 1. The largest absolute Gasteiger partial charge is 0.383 e. The van der Waals surface area contributed by atoms with E-state index < -0.39 is 0 Å². The second kappa shape index (κ2) is 4.81. The van der Waals surface area contributed by atoms with Crippen LogP contribution in [0, 0.1) is 5.92 Å². The Morgan fingerprint density at radius 2 is 2.30 bits per heavy atom. The first-order valence-corrected chi connectivity index (χ1v) is 6.92. The summed E-state index contributed by atoms with van der Waals surface area (Å²) in [5, 5.41) is 7.03. The smallest absolute Gasteiger partial charge is 0.259 e. The molecule has 2 fully saturated rings. The number of carbonyl (C=O) groups is 2. The Kier molecular flexibility index (Phi) is 3.11. The molecule has 0 bridgehead atoms. The number of nitrogens with one attached hydrogen (secondary N) is 1. The maximum absolute atomic E-state index is 12.5. The van der Waals surface area contributed by atoms with Crippen LogP contribution in [0.4, 0.5) is 5.82 Å². The van der Waals surface area contributed by atoms with Gasteiger partial charge in [-0.05, 0) is 18.8 Å². The molecule has 0 radical (unpaired) electrons. The third-order valence-electron chi connectivity index (χ3n) is 4.32. The van der Waals surface area contributed by atoms with Gasteiger partial charge in [-0.25, -0.2) is 0 Å². The zero-order valence-electron chi connectivity index (χ0n) is 11.5. The summed E-state index contributed by atoms with van der Waals surface area (Å²) in [5.74, 6) is 0.811. The number of amides is 2. The van der Waals surface area contributed by atoms with E-state index in [9.17, 15) is 9.59 Å². The molecule has 0 saturated carbocycles. The predicted octanol–water partition coefficient (Wildman–Crippen LogP) is -0.257. The highest BCUT2D eigenvalue weighted by atomic mass is 16.2. The lowest BCUT2D eigenvalue weighted by Crippen LogP contribution is -2.55. The van der Waals surface area contributed by atoms with Gasteiger partial charge >= 0.3 is 0 Å². The molecule has 1 aromatic heterocycles. The molecule has 0 aromatic carbocycles. The number of nitrogen functional groups attached to an aromatic ring is 1.